The van der Waals surface area contributed by atoms with Gasteiger partial charge in [0.25, 0.3) is 0 Å². The Hall–Kier alpha value is -2.14. The van der Waals surface area contributed by atoms with Crippen molar-refractivity contribution in [3.05, 3.63) is 52.9 Å². The first-order chi connectivity index (χ1) is 9.99. The fraction of sp³-hybridized carbons (Fsp3) is 0.375. The molecule has 1 heterocycles. The third-order valence-corrected chi connectivity index (χ3v) is 3.46. The lowest BCUT2D eigenvalue weighted by Gasteiger charge is -2.16. The fourth-order valence-corrected chi connectivity index (χ4v) is 2.45. The Balaban J connectivity index is 1.96. The van der Waals surface area contributed by atoms with Crippen molar-refractivity contribution < 1.29 is 14.4 Å². The number of benzene rings is 1. The van der Waals surface area contributed by atoms with Crippen molar-refractivity contribution >= 4 is 5.91 Å². The highest BCUT2D eigenvalue weighted by Crippen LogP contribution is 2.22. The highest BCUT2D eigenvalue weighted by molar-refractivity contribution is 5.77. The maximum absolute atomic E-state index is 12.0. The van der Waals surface area contributed by atoms with Crippen LogP contribution < -0.4 is 5.32 Å². The van der Waals surface area contributed by atoms with Crippen LogP contribution in [0.15, 0.2) is 34.9 Å². The van der Waals surface area contributed by atoms with Crippen molar-refractivity contribution in [1.29, 1.82) is 0 Å². The van der Waals surface area contributed by atoms with E-state index in [0.29, 0.717) is 5.76 Å². The number of aliphatic hydroxyl groups excluding tert-OH is 1. The van der Waals surface area contributed by atoms with Crippen molar-refractivity contribution in [3.63, 3.8) is 0 Å². The zero-order valence-electron chi connectivity index (χ0n) is 12.5. The predicted molar refractivity (Wildman–Crippen MR) is 78.6 cm³/mol. The maximum Gasteiger partial charge on any atom is 0.223 e. The lowest BCUT2D eigenvalue weighted by atomic mass is 10.0. The van der Waals surface area contributed by atoms with Crippen molar-refractivity contribution in [2.24, 2.45) is 0 Å². The highest BCUT2D eigenvalue weighted by atomic mass is 16.5. The average Bonchev–Trinajstić information content (AvgIpc) is 2.78. The topological polar surface area (TPSA) is 75.4 Å². The van der Waals surface area contributed by atoms with E-state index < -0.39 is 6.10 Å². The SMILES string of the molecule is Cc1noc(C)c1C(C)NC(=O)CC(O)c1ccccc1. The quantitative estimate of drug-likeness (QED) is 0.886. The smallest absolute Gasteiger partial charge is 0.223 e. The number of amides is 1. The minimum absolute atomic E-state index is 0.0255. The first-order valence-electron chi connectivity index (χ1n) is 6.94. The van der Waals surface area contributed by atoms with Gasteiger partial charge in [-0.05, 0) is 26.3 Å². The summed E-state index contributed by atoms with van der Waals surface area (Å²) in [4.78, 5) is 12.0. The van der Waals surface area contributed by atoms with Crippen molar-refractivity contribution in [2.75, 3.05) is 0 Å². The number of hydrogen-bond donors (Lipinski definition) is 2. The van der Waals surface area contributed by atoms with Gasteiger partial charge in [0.2, 0.25) is 5.91 Å². The van der Waals surface area contributed by atoms with Crippen LogP contribution in [0.25, 0.3) is 0 Å². The molecule has 0 aliphatic heterocycles. The second-order valence-electron chi connectivity index (χ2n) is 5.16. The van der Waals surface area contributed by atoms with E-state index in [0.717, 1.165) is 16.8 Å². The molecule has 0 fully saturated rings. The van der Waals surface area contributed by atoms with E-state index in [-0.39, 0.29) is 18.4 Å². The molecule has 0 bridgehead atoms. The van der Waals surface area contributed by atoms with E-state index in [1.807, 2.05) is 39.0 Å². The summed E-state index contributed by atoms with van der Waals surface area (Å²) in [6, 6.07) is 8.94. The minimum Gasteiger partial charge on any atom is -0.388 e. The molecular formula is C16H20N2O3. The molecule has 1 aromatic heterocycles. The number of rotatable bonds is 5. The molecule has 2 rings (SSSR count). The normalized spacial score (nSPS) is 13.7. The van der Waals surface area contributed by atoms with Crippen LogP contribution in [0.5, 0.6) is 0 Å². The molecule has 2 atom stereocenters. The summed E-state index contributed by atoms with van der Waals surface area (Å²) >= 11 is 0. The lowest BCUT2D eigenvalue weighted by Crippen LogP contribution is -2.28. The first kappa shape index (κ1) is 15.3. The number of nitrogens with zero attached hydrogens (tertiary/aromatic N) is 1. The van der Waals surface area contributed by atoms with E-state index in [9.17, 15) is 9.90 Å². The van der Waals surface area contributed by atoms with Crippen LogP contribution >= 0.6 is 0 Å². The van der Waals surface area contributed by atoms with E-state index >= 15 is 0 Å². The van der Waals surface area contributed by atoms with Gasteiger partial charge in [0.05, 0.1) is 24.3 Å². The van der Waals surface area contributed by atoms with Gasteiger partial charge in [-0.2, -0.15) is 0 Å². The summed E-state index contributed by atoms with van der Waals surface area (Å²) in [6.45, 7) is 5.53. The minimum atomic E-state index is -0.803. The Morgan fingerprint density at radius 3 is 2.57 bits per heavy atom. The number of carbonyl (C=O) groups is 1. The Morgan fingerprint density at radius 1 is 1.33 bits per heavy atom. The monoisotopic (exact) mass is 288 g/mol. The van der Waals surface area contributed by atoms with Crippen LogP contribution in [0.4, 0.5) is 0 Å². The predicted octanol–water partition coefficient (Wildman–Crippen LogP) is 2.59. The molecular weight excluding hydrogens is 268 g/mol. The second kappa shape index (κ2) is 6.54. The Morgan fingerprint density at radius 2 is 2.00 bits per heavy atom. The van der Waals surface area contributed by atoms with Crippen molar-refractivity contribution in [1.82, 2.24) is 10.5 Å². The fourth-order valence-electron chi connectivity index (χ4n) is 2.45. The molecule has 5 heteroatoms. The third-order valence-electron chi connectivity index (χ3n) is 3.46. The van der Waals surface area contributed by atoms with Gasteiger partial charge < -0.3 is 14.9 Å². The summed E-state index contributed by atoms with van der Waals surface area (Å²) in [6.07, 6.45) is -0.777. The largest absolute Gasteiger partial charge is 0.388 e. The Kier molecular flexibility index (Phi) is 4.75. The van der Waals surface area contributed by atoms with Crippen LogP contribution in [-0.4, -0.2) is 16.2 Å². The number of aliphatic hydroxyl groups is 1. The summed E-state index contributed by atoms with van der Waals surface area (Å²) in [7, 11) is 0. The molecule has 0 radical (unpaired) electrons. The molecule has 21 heavy (non-hydrogen) atoms. The summed E-state index contributed by atoms with van der Waals surface area (Å²) < 4.78 is 5.10. The van der Waals surface area contributed by atoms with Crippen LogP contribution in [0, 0.1) is 13.8 Å². The van der Waals surface area contributed by atoms with Gasteiger partial charge in [-0.15, -0.1) is 0 Å². The molecule has 1 amide bonds. The Labute approximate surface area is 124 Å². The standard InChI is InChI=1S/C16H20N2O3/c1-10(16-11(2)18-21-12(16)3)17-15(20)9-14(19)13-7-5-4-6-8-13/h4-8,10,14,19H,9H2,1-3H3,(H,17,20). The molecule has 0 saturated heterocycles. The van der Waals surface area contributed by atoms with Gasteiger partial charge in [-0.3, -0.25) is 4.79 Å². The van der Waals surface area contributed by atoms with E-state index in [4.69, 9.17) is 4.52 Å². The zero-order valence-corrected chi connectivity index (χ0v) is 12.5. The van der Waals surface area contributed by atoms with E-state index in [2.05, 4.69) is 10.5 Å². The van der Waals surface area contributed by atoms with E-state index in [1.165, 1.54) is 0 Å². The molecule has 0 saturated carbocycles. The number of nitrogens with one attached hydrogen (secondary N) is 1. The van der Waals surface area contributed by atoms with E-state index in [1.54, 1.807) is 12.1 Å². The molecule has 0 aliphatic carbocycles. The number of carbonyl (C=O) groups excluding carboxylic acids is 1. The summed E-state index contributed by atoms with van der Waals surface area (Å²) in [5.74, 6) is 0.489. The molecule has 112 valence electrons. The highest BCUT2D eigenvalue weighted by Gasteiger charge is 2.20. The van der Waals surface area contributed by atoms with Crippen LogP contribution in [0.2, 0.25) is 0 Å². The first-order valence-corrected chi connectivity index (χ1v) is 6.94. The van der Waals surface area contributed by atoms with Gasteiger partial charge in [-0.25, -0.2) is 0 Å². The van der Waals surface area contributed by atoms with Gasteiger partial charge in [0.1, 0.15) is 5.76 Å². The maximum atomic E-state index is 12.0. The van der Waals surface area contributed by atoms with Gasteiger partial charge in [0.15, 0.2) is 0 Å². The van der Waals surface area contributed by atoms with Crippen LogP contribution in [0.1, 0.15) is 48.1 Å². The number of aryl methyl sites for hydroxylation is 2. The second-order valence-corrected chi connectivity index (χ2v) is 5.16. The van der Waals surface area contributed by atoms with Gasteiger partial charge in [0, 0.05) is 5.56 Å². The molecule has 0 aliphatic rings. The number of hydrogen-bond acceptors (Lipinski definition) is 4. The summed E-state index contributed by atoms with van der Waals surface area (Å²) in [5, 5.41) is 16.8. The van der Waals surface area contributed by atoms with Crippen LogP contribution in [-0.2, 0) is 4.79 Å². The molecule has 1 aromatic carbocycles. The van der Waals surface area contributed by atoms with Crippen molar-refractivity contribution in [2.45, 2.75) is 39.3 Å². The van der Waals surface area contributed by atoms with Gasteiger partial charge >= 0.3 is 0 Å². The molecule has 5 nitrogen and oxygen atoms in total. The number of aromatic nitrogens is 1. The lowest BCUT2D eigenvalue weighted by molar-refractivity contribution is -0.123. The zero-order chi connectivity index (χ0) is 15.4. The van der Waals surface area contributed by atoms with Crippen molar-refractivity contribution in [3.8, 4) is 0 Å². The van der Waals surface area contributed by atoms with Crippen LogP contribution in [0.3, 0.4) is 0 Å². The average molecular weight is 288 g/mol. The Bertz CT molecular complexity index is 588. The molecule has 2 unspecified atom stereocenters. The molecule has 0 spiro atoms. The molecule has 2 aromatic rings. The van der Waals surface area contributed by atoms with Gasteiger partial charge in [-0.1, -0.05) is 35.5 Å². The summed E-state index contributed by atoms with van der Waals surface area (Å²) in [5.41, 5.74) is 2.39. The third kappa shape index (κ3) is 3.70. The molecule has 2 N–H and O–H groups in total.